The predicted molar refractivity (Wildman–Crippen MR) is 92.5 cm³/mol. The van der Waals surface area contributed by atoms with Crippen molar-refractivity contribution in [1.82, 2.24) is 10.2 Å². The topological polar surface area (TPSA) is 49.4 Å². The van der Waals surface area contributed by atoms with Crippen molar-refractivity contribution in [1.29, 1.82) is 0 Å². The zero-order valence-corrected chi connectivity index (χ0v) is 15.5. The van der Waals surface area contributed by atoms with E-state index in [4.69, 9.17) is 0 Å². The minimum absolute atomic E-state index is 0.0309. The second kappa shape index (κ2) is 6.42. The number of hydrogen-bond acceptors (Lipinski definition) is 2. The molecule has 0 aliphatic heterocycles. The highest BCUT2D eigenvalue weighted by atomic mass is 127. The largest absolute Gasteiger partial charge is 0.342 e. The van der Waals surface area contributed by atoms with Crippen molar-refractivity contribution < 1.29 is 9.59 Å². The Labute approximate surface area is 141 Å². The van der Waals surface area contributed by atoms with Crippen LogP contribution in [0.2, 0.25) is 0 Å². The van der Waals surface area contributed by atoms with Gasteiger partial charge in [-0.2, -0.15) is 0 Å². The Hall–Kier alpha value is -0.330. The van der Waals surface area contributed by atoms with Gasteiger partial charge in [-0.1, -0.05) is 13.8 Å². The summed E-state index contributed by atoms with van der Waals surface area (Å²) >= 11 is 1.82. The van der Waals surface area contributed by atoms with E-state index in [9.17, 15) is 9.59 Å². The third-order valence-electron chi connectivity index (χ3n) is 5.32. The van der Waals surface area contributed by atoms with E-state index in [-0.39, 0.29) is 14.9 Å². The van der Waals surface area contributed by atoms with Gasteiger partial charge >= 0.3 is 0 Å². The van der Waals surface area contributed by atoms with Gasteiger partial charge in [-0.15, -0.1) is 0 Å². The molecule has 3 saturated carbocycles. The van der Waals surface area contributed by atoms with E-state index in [0.717, 1.165) is 51.6 Å². The number of nitrogens with zero attached hydrogens (tertiary/aromatic N) is 1. The lowest BCUT2D eigenvalue weighted by atomic mass is 9.56. The van der Waals surface area contributed by atoms with E-state index in [1.54, 1.807) is 0 Å². The van der Waals surface area contributed by atoms with E-state index in [1.165, 1.54) is 0 Å². The first-order valence-electron chi connectivity index (χ1n) is 8.09. The highest BCUT2D eigenvalue weighted by molar-refractivity contribution is 14.1. The molecule has 21 heavy (non-hydrogen) atoms. The first-order valence-corrected chi connectivity index (χ1v) is 9.17. The standard InChI is InChI=1S/C16H27IN2O2/c1-4-19(11-12(2)3)13(20)15-5-8-16(9-6-15,10-7-15)18-14(17)21/h12H,4-11H2,1-3H3,(H,18,21). The molecule has 2 amide bonds. The maximum Gasteiger partial charge on any atom is 0.281 e. The van der Waals surface area contributed by atoms with Gasteiger partial charge in [0.1, 0.15) is 0 Å². The molecule has 0 spiro atoms. The number of carbonyl (C=O) groups is 2. The average molecular weight is 406 g/mol. The number of nitrogens with one attached hydrogen (secondary N) is 1. The molecule has 120 valence electrons. The summed E-state index contributed by atoms with van der Waals surface area (Å²) < 4.78 is 0.0309. The van der Waals surface area contributed by atoms with E-state index in [0.29, 0.717) is 11.8 Å². The van der Waals surface area contributed by atoms with Gasteiger partial charge in [-0.05, 0) is 51.4 Å². The monoisotopic (exact) mass is 406 g/mol. The molecule has 3 aliphatic carbocycles. The molecule has 3 fully saturated rings. The van der Waals surface area contributed by atoms with Gasteiger partial charge in [0.2, 0.25) is 5.91 Å². The van der Waals surface area contributed by atoms with Crippen molar-refractivity contribution >= 4 is 32.4 Å². The van der Waals surface area contributed by atoms with Crippen molar-refractivity contribution in [2.75, 3.05) is 13.1 Å². The second-order valence-electron chi connectivity index (χ2n) is 7.20. The van der Waals surface area contributed by atoms with Crippen LogP contribution in [0.5, 0.6) is 0 Å². The van der Waals surface area contributed by atoms with Gasteiger partial charge in [0.25, 0.3) is 3.91 Å². The number of halogens is 1. The van der Waals surface area contributed by atoms with Crippen LogP contribution in [0.3, 0.4) is 0 Å². The van der Waals surface area contributed by atoms with Crippen LogP contribution < -0.4 is 5.32 Å². The van der Waals surface area contributed by atoms with Crippen LogP contribution in [0.15, 0.2) is 0 Å². The van der Waals surface area contributed by atoms with Crippen LogP contribution in [0, 0.1) is 11.3 Å². The Balaban J connectivity index is 2.06. The molecule has 3 rings (SSSR count). The molecular weight excluding hydrogens is 379 g/mol. The first kappa shape index (κ1) is 17.0. The molecule has 0 aromatic carbocycles. The summed E-state index contributed by atoms with van der Waals surface area (Å²) in [6.45, 7) is 8.05. The summed E-state index contributed by atoms with van der Waals surface area (Å²) in [5.74, 6) is 0.864. The van der Waals surface area contributed by atoms with Gasteiger partial charge in [-0.3, -0.25) is 9.59 Å². The van der Waals surface area contributed by atoms with Crippen LogP contribution in [-0.4, -0.2) is 33.3 Å². The van der Waals surface area contributed by atoms with Crippen LogP contribution >= 0.6 is 22.6 Å². The zero-order chi connectivity index (χ0) is 15.7. The molecule has 4 nitrogen and oxygen atoms in total. The average Bonchev–Trinajstić information content (AvgIpc) is 2.44. The Morgan fingerprint density at radius 2 is 1.67 bits per heavy atom. The van der Waals surface area contributed by atoms with Crippen LogP contribution in [0.25, 0.3) is 0 Å². The maximum atomic E-state index is 13.0. The first-order chi connectivity index (χ1) is 9.82. The lowest BCUT2D eigenvalue weighted by Gasteiger charge is -2.53. The van der Waals surface area contributed by atoms with E-state index in [1.807, 2.05) is 27.5 Å². The molecule has 0 aromatic rings. The minimum Gasteiger partial charge on any atom is -0.342 e. The molecule has 3 aliphatic rings. The number of rotatable bonds is 5. The molecule has 0 heterocycles. The summed E-state index contributed by atoms with van der Waals surface area (Å²) in [4.78, 5) is 26.4. The number of fused-ring (bicyclic) bond motifs is 3. The third-order valence-corrected chi connectivity index (χ3v) is 5.59. The van der Waals surface area contributed by atoms with Crippen molar-refractivity contribution in [3.63, 3.8) is 0 Å². The van der Waals surface area contributed by atoms with Gasteiger partial charge < -0.3 is 10.2 Å². The zero-order valence-electron chi connectivity index (χ0n) is 13.4. The molecule has 0 aromatic heterocycles. The van der Waals surface area contributed by atoms with E-state index in [2.05, 4.69) is 26.1 Å². The Morgan fingerprint density at radius 3 is 2.05 bits per heavy atom. The quantitative estimate of drug-likeness (QED) is 0.430. The van der Waals surface area contributed by atoms with Crippen LogP contribution in [0.4, 0.5) is 4.79 Å². The molecular formula is C16H27IN2O2. The smallest absolute Gasteiger partial charge is 0.281 e. The lowest BCUT2D eigenvalue weighted by molar-refractivity contribution is -0.149. The molecule has 0 unspecified atom stereocenters. The lowest BCUT2D eigenvalue weighted by Crippen LogP contribution is -2.59. The molecule has 0 saturated heterocycles. The number of hydrogen-bond donors (Lipinski definition) is 1. The van der Waals surface area contributed by atoms with Crippen molar-refractivity contribution in [2.24, 2.45) is 11.3 Å². The van der Waals surface area contributed by atoms with Crippen molar-refractivity contribution in [3.8, 4) is 0 Å². The summed E-state index contributed by atoms with van der Waals surface area (Å²) in [6, 6.07) is 0. The Kier molecular flexibility index (Phi) is 5.21. The van der Waals surface area contributed by atoms with Crippen molar-refractivity contribution in [2.45, 2.75) is 64.8 Å². The number of amides is 2. The highest BCUT2D eigenvalue weighted by Gasteiger charge is 2.53. The van der Waals surface area contributed by atoms with Gasteiger partial charge in [0.05, 0.1) is 0 Å². The molecule has 5 heteroatoms. The summed E-state index contributed by atoms with van der Waals surface area (Å²) in [5, 5.41) is 3.14. The molecule has 0 radical (unpaired) electrons. The van der Waals surface area contributed by atoms with E-state index >= 15 is 0 Å². The van der Waals surface area contributed by atoms with Gasteiger partial charge in [0, 0.05) is 46.6 Å². The minimum atomic E-state index is -0.150. The SMILES string of the molecule is CCN(CC(C)C)C(=O)C12CCC(NC(=O)I)(CC1)CC2. The molecule has 0 atom stereocenters. The van der Waals surface area contributed by atoms with Gasteiger partial charge in [0.15, 0.2) is 0 Å². The highest BCUT2D eigenvalue weighted by Crippen LogP contribution is 2.53. The fourth-order valence-corrected chi connectivity index (χ4v) is 4.61. The summed E-state index contributed by atoms with van der Waals surface area (Å²) in [6.07, 6.45) is 5.64. The summed E-state index contributed by atoms with van der Waals surface area (Å²) in [5.41, 5.74) is -0.182. The Morgan fingerprint density at radius 1 is 1.14 bits per heavy atom. The van der Waals surface area contributed by atoms with Crippen LogP contribution in [-0.2, 0) is 4.79 Å². The van der Waals surface area contributed by atoms with Crippen molar-refractivity contribution in [3.05, 3.63) is 0 Å². The fraction of sp³-hybridized carbons (Fsp3) is 0.875. The molecule has 2 bridgehead atoms. The van der Waals surface area contributed by atoms with Crippen LogP contribution in [0.1, 0.15) is 59.3 Å². The predicted octanol–water partition coefficient (Wildman–Crippen LogP) is 3.73. The molecule has 1 N–H and O–H groups in total. The number of carbonyl (C=O) groups excluding carboxylic acids is 2. The van der Waals surface area contributed by atoms with Gasteiger partial charge in [-0.25, -0.2) is 0 Å². The summed E-state index contributed by atoms with van der Waals surface area (Å²) in [7, 11) is 0. The maximum absolute atomic E-state index is 13.0. The normalized spacial score (nSPS) is 31.3. The second-order valence-corrected chi connectivity index (χ2v) is 8.18. The fourth-order valence-electron chi connectivity index (χ4n) is 4.03. The Bertz CT molecular complexity index is 398. The van der Waals surface area contributed by atoms with E-state index < -0.39 is 0 Å². The third kappa shape index (κ3) is 3.54.